The third kappa shape index (κ3) is 4.83. The number of hydrogen-bond acceptors (Lipinski definition) is 4. The normalized spacial score (nSPS) is 18.6. The van der Waals surface area contributed by atoms with E-state index < -0.39 is 0 Å². The lowest BCUT2D eigenvalue weighted by Crippen LogP contribution is -2.41. The second-order valence-electron chi connectivity index (χ2n) is 5.16. The lowest BCUT2D eigenvalue weighted by atomic mass is 9.77. The fraction of sp³-hybridized carbons (Fsp3) is 0.714. The average molecular weight is 348 g/mol. The van der Waals surface area contributed by atoms with Gasteiger partial charge in [0, 0.05) is 38.3 Å². The van der Waals surface area contributed by atoms with Crippen molar-refractivity contribution >= 4 is 27.3 Å². The van der Waals surface area contributed by atoms with Crippen LogP contribution >= 0.6 is 27.3 Å². The van der Waals surface area contributed by atoms with E-state index in [1.54, 1.807) is 7.11 Å². The topological polar surface area (TPSA) is 30.5 Å². The Kier molecular flexibility index (Phi) is 6.29. The molecular weight excluding hydrogens is 326 g/mol. The smallest absolute Gasteiger partial charge is 0.0701 e. The van der Waals surface area contributed by atoms with Gasteiger partial charge in [-0.25, -0.2) is 0 Å². The molecule has 0 spiro atoms. The molecule has 19 heavy (non-hydrogen) atoms. The van der Waals surface area contributed by atoms with E-state index in [9.17, 15) is 0 Å². The Bertz CT molecular complexity index is 377. The Balaban J connectivity index is 1.93. The van der Waals surface area contributed by atoms with Crippen LogP contribution in [0.3, 0.4) is 0 Å². The molecule has 1 aliphatic heterocycles. The largest absolute Gasteiger partial charge is 0.383 e. The number of ether oxygens (including phenoxy) is 2. The predicted molar refractivity (Wildman–Crippen MR) is 83.0 cm³/mol. The van der Waals surface area contributed by atoms with Crippen molar-refractivity contribution in [2.45, 2.75) is 19.3 Å². The zero-order valence-electron chi connectivity index (χ0n) is 11.4. The van der Waals surface area contributed by atoms with E-state index in [1.807, 2.05) is 11.3 Å². The molecular formula is C14H22BrNO2S. The molecule has 0 atom stereocenters. The second kappa shape index (κ2) is 7.74. The van der Waals surface area contributed by atoms with Gasteiger partial charge in [-0.1, -0.05) is 0 Å². The van der Waals surface area contributed by atoms with Crippen molar-refractivity contribution in [1.29, 1.82) is 0 Å². The van der Waals surface area contributed by atoms with Gasteiger partial charge in [-0.2, -0.15) is 0 Å². The predicted octanol–water partition coefficient (Wildman–Crippen LogP) is 3.09. The summed E-state index contributed by atoms with van der Waals surface area (Å²) in [6.07, 6.45) is 3.43. The van der Waals surface area contributed by atoms with Crippen molar-refractivity contribution in [3.63, 3.8) is 0 Å². The summed E-state index contributed by atoms with van der Waals surface area (Å²) in [4.78, 5) is 1.46. The minimum absolute atomic E-state index is 0.344. The molecule has 0 unspecified atom stereocenters. The van der Waals surface area contributed by atoms with Gasteiger partial charge < -0.3 is 14.8 Å². The lowest BCUT2D eigenvalue weighted by molar-refractivity contribution is 0.0147. The van der Waals surface area contributed by atoms with Gasteiger partial charge in [0.1, 0.15) is 0 Å². The van der Waals surface area contributed by atoms with Crippen LogP contribution < -0.4 is 5.32 Å². The maximum absolute atomic E-state index is 5.54. The molecule has 2 heterocycles. The molecule has 0 amide bonds. The van der Waals surface area contributed by atoms with E-state index in [-0.39, 0.29) is 0 Å². The highest BCUT2D eigenvalue weighted by molar-refractivity contribution is 9.11. The van der Waals surface area contributed by atoms with Crippen LogP contribution in [0.5, 0.6) is 0 Å². The van der Waals surface area contributed by atoms with Crippen LogP contribution in [-0.2, 0) is 15.9 Å². The van der Waals surface area contributed by atoms with Crippen LogP contribution in [0.2, 0.25) is 0 Å². The van der Waals surface area contributed by atoms with E-state index in [0.29, 0.717) is 5.41 Å². The fourth-order valence-electron chi connectivity index (χ4n) is 2.56. The molecule has 3 nitrogen and oxygen atoms in total. The molecule has 0 aromatic carbocycles. The Morgan fingerprint density at radius 2 is 2.21 bits per heavy atom. The van der Waals surface area contributed by atoms with Gasteiger partial charge in [0.15, 0.2) is 0 Å². The van der Waals surface area contributed by atoms with Crippen molar-refractivity contribution < 1.29 is 9.47 Å². The summed E-state index contributed by atoms with van der Waals surface area (Å²) in [6, 6.07) is 4.38. The van der Waals surface area contributed by atoms with E-state index in [0.717, 1.165) is 52.2 Å². The van der Waals surface area contributed by atoms with E-state index >= 15 is 0 Å². The van der Waals surface area contributed by atoms with Gasteiger partial charge in [-0.05, 0) is 52.7 Å². The van der Waals surface area contributed by atoms with Crippen LogP contribution in [0.25, 0.3) is 0 Å². The number of hydrogen-bond donors (Lipinski definition) is 1. The number of nitrogens with one attached hydrogen (secondary N) is 1. The zero-order valence-corrected chi connectivity index (χ0v) is 13.8. The number of rotatable bonds is 7. The Morgan fingerprint density at radius 1 is 1.42 bits per heavy atom. The Labute approximate surface area is 127 Å². The first-order valence-corrected chi connectivity index (χ1v) is 8.37. The minimum Gasteiger partial charge on any atom is -0.383 e. The number of halogens is 1. The second-order valence-corrected chi connectivity index (χ2v) is 7.71. The summed E-state index contributed by atoms with van der Waals surface area (Å²) in [5, 5.41) is 3.54. The molecule has 1 N–H and O–H groups in total. The van der Waals surface area contributed by atoms with Crippen LogP contribution in [0.15, 0.2) is 15.9 Å². The molecule has 0 aliphatic carbocycles. The van der Waals surface area contributed by atoms with Crippen molar-refractivity contribution in [3.8, 4) is 0 Å². The van der Waals surface area contributed by atoms with Gasteiger partial charge in [-0.3, -0.25) is 0 Å². The lowest BCUT2D eigenvalue weighted by Gasteiger charge is -2.37. The monoisotopic (exact) mass is 347 g/mol. The van der Waals surface area contributed by atoms with Gasteiger partial charge >= 0.3 is 0 Å². The highest BCUT2D eigenvalue weighted by Gasteiger charge is 2.32. The average Bonchev–Trinajstić information content (AvgIpc) is 2.81. The summed E-state index contributed by atoms with van der Waals surface area (Å²) in [7, 11) is 1.75. The van der Waals surface area contributed by atoms with Crippen molar-refractivity contribution in [2.24, 2.45) is 5.41 Å². The number of thiophene rings is 1. The molecule has 0 saturated carbocycles. The Morgan fingerprint density at radius 3 is 2.84 bits per heavy atom. The molecule has 5 heteroatoms. The van der Waals surface area contributed by atoms with Crippen molar-refractivity contribution in [3.05, 3.63) is 20.8 Å². The summed E-state index contributed by atoms with van der Waals surface area (Å²) in [5.41, 5.74) is 0.344. The van der Waals surface area contributed by atoms with E-state index in [4.69, 9.17) is 9.47 Å². The van der Waals surface area contributed by atoms with Gasteiger partial charge in [-0.15, -0.1) is 11.3 Å². The third-order valence-electron chi connectivity index (χ3n) is 3.71. The van der Waals surface area contributed by atoms with E-state index in [1.165, 1.54) is 8.66 Å². The summed E-state index contributed by atoms with van der Waals surface area (Å²) in [5.74, 6) is 0. The van der Waals surface area contributed by atoms with Crippen LogP contribution in [-0.4, -0.2) is 40.0 Å². The standard InChI is InChI=1S/C14H22BrNO2S/c1-17-9-6-16-11-14(4-7-18-8-5-14)10-12-2-3-13(15)19-12/h2-3,16H,4-11H2,1H3. The first-order valence-electron chi connectivity index (χ1n) is 6.76. The molecule has 108 valence electrons. The molecule has 1 aliphatic rings. The highest BCUT2D eigenvalue weighted by Crippen LogP contribution is 2.36. The molecule has 0 radical (unpaired) electrons. The molecule has 1 saturated heterocycles. The van der Waals surface area contributed by atoms with Crippen molar-refractivity contribution in [1.82, 2.24) is 5.32 Å². The quantitative estimate of drug-likeness (QED) is 0.768. The first kappa shape index (κ1) is 15.4. The molecule has 1 aromatic rings. The maximum atomic E-state index is 5.54. The SMILES string of the molecule is COCCNCC1(Cc2ccc(Br)s2)CCOCC1. The number of methoxy groups -OCH3 is 1. The van der Waals surface area contributed by atoms with E-state index in [2.05, 4.69) is 33.4 Å². The van der Waals surface area contributed by atoms with Crippen LogP contribution in [0.1, 0.15) is 17.7 Å². The maximum Gasteiger partial charge on any atom is 0.0701 e. The van der Waals surface area contributed by atoms with Gasteiger partial charge in [0.2, 0.25) is 0 Å². The van der Waals surface area contributed by atoms with Crippen LogP contribution in [0.4, 0.5) is 0 Å². The van der Waals surface area contributed by atoms with Gasteiger partial charge in [0.25, 0.3) is 0 Å². The van der Waals surface area contributed by atoms with Crippen molar-refractivity contribution in [2.75, 3.05) is 40.0 Å². The Hall–Kier alpha value is 0.0600. The minimum atomic E-state index is 0.344. The fourth-order valence-corrected chi connectivity index (χ4v) is 4.22. The zero-order chi connectivity index (χ0) is 13.6. The summed E-state index contributed by atoms with van der Waals surface area (Å²) in [6.45, 7) is 4.52. The summed E-state index contributed by atoms with van der Waals surface area (Å²) < 4.78 is 11.9. The van der Waals surface area contributed by atoms with Gasteiger partial charge in [0.05, 0.1) is 10.4 Å². The molecule has 1 fully saturated rings. The molecule has 1 aromatic heterocycles. The highest BCUT2D eigenvalue weighted by atomic mass is 79.9. The first-order chi connectivity index (χ1) is 9.24. The van der Waals surface area contributed by atoms with Crippen LogP contribution in [0, 0.1) is 5.41 Å². The molecule has 2 rings (SSSR count). The molecule has 0 bridgehead atoms. The summed E-state index contributed by atoms with van der Waals surface area (Å²) >= 11 is 5.40. The third-order valence-corrected chi connectivity index (χ3v) is 5.34.